The Labute approximate surface area is 89.6 Å². The maximum Gasteiger partial charge on any atom is 0.336 e. The van der Waals surface area contributed by atoms with Crippen LogP contribution in [0.2, 0.25) is 0 Å². The molecule has 0 spiro atoms. The first kappa shape index (κ1) is 10.3. The van der Waals surface area contributed by atoms with E-state index in [-0.39, 0.29) is 0 Å². The summed E-state index contributed by atoms with van der Waals surface area (Å²) in [5.41, 5.74) is 0.519. The Hall–Kier alpha value is -1.23. The third kappa shape index (κ3) is 1.79. The number of aliphatic carboxylic acids is 1. The second kappa shape index (κ2) is 3.73. The molecule has 0 saturated carbocycles. The zero-order valence-electron chi connectivity index (χ0n) is 9.23. The largest absolute Gasteiger partial charge is 0.478 e. The summed E-state index contributed by atoms with van der Waals surface area (Å²) >= 11 is 0. The van der Waals surface area contributed by atoms with E-state index in [0.717, 1.165) is 32.0 Å². The lowest BCUT2D eigenvalue weighted by Gasteiger charge is -2.44. The van der Waals surface area contributed by atoms with Crippen LogP contribution < -0.4 is 0 Å². The fraction of sp³-hybridized carbons (Fsp3) is 0.700. The molecule has 1 N–H and O–H groups in total. The van der Waals surface area contributed by atoms with Crippen LogP contribution in [0.25, 0.3) is 0 Å². The number of likely N-dealkylation sites (N-methyl/N-ethyl adjacent to an activating group) is 1. The minimum Gasteiger partial charge on any atom is -0.478 e. The molecule has 1 fully saturated rings. The molecule has 2 aliphatic heterocycles. The molecular weight excluding hydrogens is 194 g/mol. The molecule has 2 heterocycles. The molecule has 0 radical (unpaired) electrons. The Kier molecular flexibility index (Phi) is 2.56. The van der Waals surface area contributed by atoms with Crippen LogP contribution in [-0.2, 0) is 4.79 Å². The van der Waals surface area contributed by atoms with Gasteiger partial charge < -0.3 is 14.9 Å². The van der Waals surface area contributed by atoms with Crippen LogP contribution in [0.15, 0.2) is 11.4 Å². The fourth-order valence-electron chi connectivity index (χ4n) is 2.36. The topological polar surface area (TPSA) is 47.0 Å². The molecule has 5 heteroatoms. The smallest absolute Gasteiger partial charge is 0.336 e. The van der Waals surface area contributed by atoms with Gasteiger partial charge >= 0.3 is 5.97 Å². The number of carboxylic acid groups (broad SMARTS) is 1. The molecule has 5 nitrogen and oxygen atoms in total. The molecule has 0 aromatic carbocycles. The zero-order chi connectivity index (χ0) is 11.0. The average Bonchev–Trinajstić information content (AvgIpc) is 2.16. The van der Waals surface area contributed by atoms with E-state index in [1.54, 1.807) is 0 Å². The van der Waals surface area contributed by atoms with Crippen molar-refractivity contribution in [3.63, 3.8) is 0 Å². The molecule has 0 bridgehead atoms. The highest BCUT2D eigenvalue weighted by Gasteiger charge is 2.31. The highest BCUT2D eigenvalue weighted by atomic mass is 16.4. The van der Waals surface area contributed by atoms with Crippen LogP contribution in [0.3, 0.4) is 0 Å². The molecular formula is C10H17N3O2. The Bertz CT molecular complexity index is 314. The highest BCUT2D eigenvalue weighted by molar-refractivity contribution is 5.88. The summed E-state index contributed by atoms with van der Waals surface area (Å²) in [6, 6.07) is 0. The van der Waals surface area contributed by atoms with Crippen LogP contribution in [0.5, 0.6) is 0 Å². The number of carbonyl (C=O) groups is 1. The number of fused-ring (bicyclic) bond motifs is 1. The van der Waals surface area contributed by atoms with Crippen molar-refractivity contribution in [3.8, 4) is 0 Å². The molecule has 2 rings (SSSR count). The minimum absolute atomic E-state index is 0.519. The van der Waals surface area contributed by atoms with Gasteiger partial charge in [-0.1, -0.05) is 0 Å². The summed E-state index contributed by atoms with van der Waals surface area (Å²) in [4.78, 5) is 17.4. The number of rotatable bonds is 1. The molecule has 0 aliphatic carbocycles. The molecule has 0 amide bonds. The van der Waals surface area contributed by atoms with E-state index >= 15 is 0 Å². The molecule has 2 aliphatic rings. The summed E-state index contributed by atoms with van der Waals surface area (Å²) in [6.45, 7) is 3.27. The van der Waals surface area contributed by atoms with E-state index in [0.29, 0.717) is 12.1 Å². The predicted molar refractivity (Wildman–Crippen MR) is 56.1 cm³/mol. The maximum absolute atomic E-state index is 11.2. The number of hydrogen-bond acceptors (Lipinski definition) is 4. The third-order valence-electron chi connectivity index (χ3n) is 2.95. The van der Waals surface area contributed by atoms with Gasteiger partial charge in [-0.15, -0.1) is 0 Å². The second-order valence-corrected chi connectivity index (χ2v) is 4.30. The standard InChI is InChI=1S/C10H17N3O2/c1-11-6-8(10(14)15)9-12(2)4-3-5-13(9)7-11/h3-7H2,1-2H3,(H,14,15). The summed E-state index contributed by atoms with van der Waals surface area (Å²) in [7, 11) is 3.92. The summed E-state index contributed by atoms with van der Waals surface area (Å²) < 4.78 is 0. The predicted octanol–water partition coefficient (Wildman–Crippen LogP) is -0.177. The van der Waals surface area contributed by atoms with Gasteiger partial charge in [0.1, 0.15) is 5.82 Å². The number of carboxylic acids is 1. The van der Waals surface area contributed by atoms with Gasteiger partial charge in [0.25, 0.3) is 0 Å². The van der Waals surface area contributed by atoms with E-state index in [1.165, 1.54) is 0 Å². The van der Waals surface area contributed by atoms with Crippen molar-refractivity contribution in [2.24, 2.45) is 0 Å². The van der Waals surface area contributed by atoms with Gasteiger partial charge in [0.2, 0.25) is 0 Å². The maximum atomic E-state index is 11.2. The van der Waals surface area contributed by atoms with Gasteiger partial charge in [-0.05, 0) is 13.5 Å². The van der Waals surface area contributed by atoms with Crippen molar-refractivity contribution >= 4 is 5.97 Å². The van der Waals surface area contributed by atoms with Crippen LogP contribution >= 0.6 is 0 Å². The highest BCUT2D eigenvalue weighted by Crippen LogP contribution is 2.24. The van der Waals surface area contributed by atoms with Gasteiger partial charge in [-0.2, -0.15) is 0 Å². The Balaban J connectivity index is 2.37. The summed E-state index contributed by atoms with van der Waals surface area (Å²) in [5.74, 6) is 0.113. The zero-order valence-corrected chi connectivity index (χ0v) is 9.23. The Morgan fingerprint density at radius 3 is 2.73 bits per heavy atom. The molecule has 0 atom stereocenters. The normalized spacial score (nSPS) is 23.1. The van der Waals surface area contributed by atoms with Crippen molar-refractivity contribution in [2.75, 3.05) is 40.4 Å². The Morgan fingerprint density at radius 1 is 1.33 bits per heavy atom. The van der Waals surface area contributed by atoms with Crippen molar-refractivity contribution in [2.45, 2.75) is 6.42 Å². The van der Waals surface area contributed by atoms with E-state index in [2.05, 4.69) is 9.80 Å². The average molecular weight is 211 g/mol. The summed E-state index contributed by atoms with van der Waals surface area (Å²) in [6.07, 6.45) is 1.10. The van der Waals surface area contributed by atoms with Crippen LogP contribution in [0.4, 0.5) is 0 Å². The van der Waals surface area contributed by atoms with E-state index in [4.69, 9.17) is 0 Å². The van der Waals surface area contributed by atoms with E-state index in [1.807, 2.05) is 19.0 Å². The lowest BCUT2D eigenvalue weighted by atomic mass is 10.1. The first-order valence-electron chi connectivity index (χ1n) is 5.20. The van der Waals surface area contributed by atoms with E-state index in [9.17, 15) is 9.90 Å². The van der Waals surface area contributed by atoms with Crippen LogP contribution in [0.1, 0.15) is 6.42 Å². The molecule has 84 valence electrons. The lowest BCUT2D eigenvalue weighted by Crippen LogP contribution is -2.51. The van der Waals surface area contributed by atoms with Gasteiger partial charge in [0.15, 0.2) is 0 Å². The van der Waals surface area contributed by atoms with Gasteiger partial charge in [-0.3, -0.25) is 4.90 Å². The first-order valence-corrected chi connectivity index (χ1v) is 5.20. The third-order valence-corrected chi connectivity index (χ3v) is 2.95. The quantitative estimate of drug-likeness (QED) is 0.652. The monoisotopic (exact) mass is 211 g/mol. The lowest BCUT2D eigenvalue weighted by molar-refractivity contribution is -0.133. The van der Waals surface area contributed by atoms with Crippen LogP contribution in [-0.4, -0.2) is 66.2 Å². The minimum atomic E-state index is -0.796. The molecule has 0 aromatic rings. The Morgan fingerprint density at radius 2 is 2.07 bits per heavy atom. The molecule has 0 unspecified atom stereocenters. The van der Waals surface area contributed by atoms with Crippen molar-refractivity contribution in [1.82, 2.24) is 14.7 Å². The fourth-order valence-corrected chi connectivity index (χ4v) is 2.36. The number of hydrogen-bond donors (Lipinski definition) is 1. The number of nitrogens with zero attached hydrogens (tertiary/aromatic N) is 3. The molecule has 1 saturated heterocycles. The molecule has 15 heavy (non-hydrogen) atoms. The van der Waals surface area contributed by atoms with Crippen molar-refractivity contribution in [1.29, 1.82) is 0 Å². The van der Waals surface area contributed by atoms with Crippen LogP contribution in [0, 0.1) is 0 Å². The van der Waals surface area contributed by atoms with Gasteiger partial charge in [-0.25, -0.2) is 4.79 Å². The van der Waals surface area contributed by atoms with E-state index < -0.39 is 5.97 Å². The van der Waals surface area contributed by atoms with Gasteiger partial charge in [0, 0.05) is 26.7 Å². The SMILES string of the molecule is CN1CC(C(=O)O)=C2N(C)CCCN2C1. The van der Waals surface area contributed by atoms with Crippen molar-refractivity contribution in [3.05, 3.63) is 11.4 Å². The van der Waals surface area contributed by atoms with Gasteiger partial charge in [0.05, 0.1) is 12.2 Å². The molecule has 0 aromatic heterocycles. The summed E-state index contributed by atoms with van der Waals surface area (Å²) in [5, 5.41) is 9.17. The van der Waals surface area contributed by atoms with Crippen molar-refractivity contribution < 1.29 is 9.90 Å². The second-order valence-electron chi connectivity index (χ2n) is 4.30. The first-order chi connectivity index (χ1) is 7.09.